The number of hydrogen-bond acceptors (Lipinski definition) is 3. The molecule has 0 aromatic heterocycles. The third kappa shape index (κ3) is 1.04. The lowest BCUT2D eigenvalue weighted by molar-refractivity contribution is -0.383. The molecule has 16 heavy (non-hydrogen) atoms. The third-order valence-corrected chi connectivity index (χ3v) is 3.21. The Labute approximate surface area is 91.8 Å². The van der Waals surface area contributed by atoms with Crippen molar-refractivity contribution in [1.29, 1.82) is 0 Å². The fourth-order valence-corrected chi connectivity index (χ4v) is 2.48. The maximum atomic E-state index is 10.9. The molecule has 0 unspecified atom stereocenters. The van der Waals surface area contributed by atoms with Crippen molar-refractivity contribution in [2.75, 3.05) is 5.73 Å². The lowest BCUT2D eigenvalue weighted by atomic mass is 10.0. The van der Waals surface area contributed by atoms with Gasteiger partial charge in [0.1, 0.15) is 5.69 Å². The first-order valence-electron chi connectivity index (χ1n) is 5.16. The normalized spacial score (nSPS) is 13.2. The van der Waals surface area contributed by atoms with Gasteiger partial charge in [-0.1, -0.05) is 18.2 Å². The topological polar surface area (TPSA) is 69.2 Å². The van der Waals surface area contributed by atoms with Crippen LogP contribution in [0, 0.1) is 10.1 Å². The summed E-state index contributed by atoms with van der Waals surface area (Å²) in [4.78, 5) is 10.5. The summed E-state index contributed by atoms with van der Waals surface area (Å²) in [6.07, 6.45) is 1.82. The van der Waals surface area contributed by atoms with E-state index in [1.807, 2.05) is 12.1 Å². The largest absolute Gasteiger partial charge is 0.393 e. The van der Waals surface area contributed by atoms with Gasteiger partial charge in [0.15, 0.2) is 0 Å². The Balaban J connectivity index is 2.48. The van der Waals surface area contributed by atoms with Crippen LogP contribution in [0.15, 0.2) is 24.3 Å². The van der Waals surface area contributed by atoms with Crippen LogP contribution in [0.25, 0.3) is 10.8 Å². The highest BCUT2D eigenvalue weighted by atomic mass is 16.6. The monoisotopic (exact) mass is 214 g/mol. The number of benzene rings is 2. The van der Waals surface area contributed by atoms with Crippen LogP contribution in [-0.4, -0.2) is 4.92 Å². The zero-order valence-electron chi connectivity index (χ0n) is 8.56. The summed E-state index contributed by atoms with van der Waals surface area (Å²) < 4.78 is 0. The van der Waals surface area contributed by atoms with Crippen molar-refractivity contribution >= 4 is 22.1 Å². The molecule has 2 N–H and O–H groups in total. The van der Waals surface area contributed by atoms with E-state index >= 15 is 0 Å². The summed E-state index contributed by atoms with van der Waals surface area (Å²) in [5.41, 5.74) is 8.45. The number of nitrogens with zero attached hydrogens (tertiary/aromatic N) is 1. The second kappa shape index (κ2) is 2.95. The molecule has 0 spiro atoms. The van der Waals surface area contributed by atoms with Crippen molar-refractivity contribution in [3.63, 3.8) is 0 Å². The van der Waals surface area contributed by atoms with E-state index in [2.05, 4.69) is 6.07 Å². The van der Waals surface area contributed by atoms with Crippen molar-refractivity contribution in [1.82, 2.24) is 0 Å². The standard InChI is InChI=1S/C12H10N2O2/c13-12-9-3-1-2-7-4-5-8(11(7)9)6-10(12)14(15)16/h1-3,6H,4-5,13H2. The minimum Gasteiger partial charge on any atom is -0.393 e. The molecule has 80 valence electrons. The number of nitro groups is 1. The Morgan fingerprint density at radius 3 is 2.75 bits per heavy atom. The van der Waals surface area contributed by atoms with E-state index in [4.69, 9.17) is 5.73 Å². The second-order valence-corrected chi connectivity index (χ2v) is 4.07. The van der Waals surface area contributed by atoms with E-state index in [0.717, 1.165) is 29.2 Å². The highest BCUT2D eigenvalue weighted by Crippen LogP contribution is 2.39. The minimum absolute atomic E-state index is 0.0292. The van der Waals surface area contributed by atoms with Crippen molar-refractivity contribution in [2.24, 2.45) is 0 Å². The van der Waals surface area contributed by atoms with Crippen LogP contribution in [0.5, 0.6) is 0 Å². The molecular weight excluding hydrogens is 204 g/mol. The Hall–Kier alpha value is -2.10. The molecule has 4 nitrogen and oxygen atoms in total. The number of nitrogens with two attached hydrogens (primary N) is 1. The van der Waals surface area contributed by atoms with Gasteiger partial charge in [-0.15, -0.1) is 0 Å². The molecule has 1 aliphatic carbocycles. The number of hydrogen-bond donors (Lipinski definition) is 1. The predicted molar refractivity (Wildman–Crippen MR) is 62.4 cm³/mol. The molecule has 4 heteroatoms. The number of aryl methyl sites for hydroxylation is 2. The van der Waals surface area contributed by atoms with Crippen LogP contribution in [0.4, 0.5) is 11.4 Å². The van der Waals surface area contributed by atoms with Crippen LogP contribution in [0.2, 0.25) is 0 Å². The van der Waals surface area contributed by atoms with E-state index in [9.17, 15) is 10.1 Å². The van der Waals surface area contributed by atoms with Gasteiger partial charge in [0.2, 0.25) is 0 Å². The molecule has 0 saturated heterocycles. The average Bonchev–Trinajstić information content (AvgIpc) is 2.67. The fraction of sp³-hybridized carbons (Fsp3) is 0.167. The Morgan fingerprint density at radius 2 is 2.00 bits per heavy atom. The summed E-state index contributed by atoms with van der Waals surface area (Å²) in [5, 5.41) is 12.8. The Kier molecular flexibility index (Phi) is 1.68. The first-order valence-corrected chi connectivity index (χ1v) is 5.16. The molecule has 1 aliphatic rings. The first kappa shape index (κ1) is 9.15. The molecule has 2 aromatic carbocycles. The molecule has 3 rings (SSSR count). The molecule has 0 amide bonds. The van der Waals surface area contributed by atoms with Crippen molar-refractivity contribution in [2.45, 2.75) is 12.8 Å². The lowest BCUT2D eigenvalue weighted by Gasteiger charge is -2.05. The van der Waals surface area contributed by atoms with Crippen molar-refractivity contribution in [3.8, 4) is 0 Å². The van der Waals surface area contributed by atoms with Gasteiger partial charge >= 0.3 is 0 Å². The summed E-state index contributed by atoms with van der Waals surface area (Å²) in [7, 11) is 0. The fourth-order valence-electron chi connectivity index (χ4n) is 2.48. The summed E-state index contributed by atoms with van der Waals surface area (Å²) in [6, 6.07) is 7.45. The molecule has 0 radical (unpaired) electrons. The van der Waals surface area contributed by atoms with Crippen LogP contribution in [-0.2, 0) is 12.8 Å². The summed E-state index contributed by atoms with van der Waals surface area (Å²) >= 11 is 0. The van der Waals surface area contributed by atoms with Crippen LogP contribution >= 0.6 is 0 Å². The van der Waals surface area contributed by atoms with Gasteiger partial charge in [0.25, 0.3) is 5.69 Å². The molecule has 2 aromatic rings. The van der Waals surface area contributed by atoms with Gasteiger partial charge in [-0.05, 0) is 29.4 Å². The van der Waals surface area contributed by atoms with E-state index in [1.165, 1.54) is 5.56 Å². The maximum Gasteiger partial charge on any atom is 0.293 e. The lowest BCUT2D eigenvalue weighted by Crippen LogP contribution is -1.97. The molecule has 0 atom stereocenters. The molecule has 0 bridgehead atoms. The Morgan fingerprint density at radius 1 is 1.25 bits per heavy atom. The smallest absolute Gasteiger partial charge is 0.293 e. The number of nitro benzene ring substituents is 1. The van der Waals surface area contributed by atoms with E-state index in [1.54, 1.807) is 6.07 Å². The van der Waals surface area contributed by atoms with E-state index in [0.29, 0.717) is 0 Å². The van der Waals surface area contributed by atoms with Crippen LogP contribution in [0.1, 0.15) is 11.1 Å². The molecule has 0 saturated carbocycles. The molecule has 0 fully saturated rings. The van der Waals surface area contributed by atoms with Gasteiger partial charge in [0.05, 0.1) is 4.92 Å². The molecule has 0 aliphatic heterocycles. The predicted octanol–water partition coefficient (Wildman–Crippen LogP) is 2.43. The number of anilines is 1. The van der Waals surface area contributed by atoms with Crippen LogP contribution < -0.4 is 5.73 Å². The SMILES string of the molecule is Nc1c([N+](=O)[O-])cc2c3c(cccc13)CC2. The first-order chi connectivity index (χ1) is 7.68. The molecular formula is C12H10N2O2. The highest BCUT2D eigenvalue weighted by molar-refractivity contribution is 6.02. The maximum absolute atomic E-state index is 10.9. The average molecular weight is 214 g/mol. The summed E-state index contributed by atoms with van der Waals surface area (Å²) in [5.74, 6) is 0. The van der Waals surface area contributed by atoms with Gasteiger partial charge in [-0.25, -0.2) is 0 Å². The molecule has 0 heterocycles. The van der Waals surface area contributed by atoms with Crippen molar-refractivity contribution < 1.29 is 4.92 Å². The quantitative estimate of drug-likeness (QED) is 0.450. The van der Waals surface area contributed by atoms with Gasteiger partial charge in [0, 0.05) is 11.5 Å². The zero-order valence-corrected chi connectivity index (χ0v) is 8.56. The van der Waals surface area contributed by atoms with Gasteiger partial charge < -0.3 is 5.73 Å². The Bertz CT molecular complexity index is 620. The summed E-state index contributed by atoms with van der Waals surface area (Å²) in [6.45, 7) is 0. The van der Waals surface area contributed by atoms with Gasteiger partial charge in [-0.2, -0.15) is 0 Å². The second-order valence-electron chi connectivity index (χ2n) is 4.07. The van der Waals surface area contributed by atoms with E-state index < -0.39 is 4.92 Å². The van der Waals surface area contributed by atoms with Crippen molar-refractivity contribution in [3.05, 3.63) is 45.5 Å². The van der Waals surface area contributed by atoms with Crippen LogP contribution in [0.3, 0.4) is 0 Å². The van der Waals surface area contributed by atoms with Gasteiger partial charge in [-0.3, -0.25) is 10.1 Å². The zero-order chi connectivity index (χ0) is 11.3. The number of rotatable bonds is 1. The number of nitrogen functional groups attached to an aromatic ring is 1. The minimum atomic E-state index is -0.406. The highest BCUT2D eigenvalue weighted by Gasteiger charge is 2.22. The van der Waals surface area contributed by atoms with E-state index in [-0.39, 0.29) is 11.4 Å². The third-order valence-electron chi connectivity index (χ3n) is 3.21.